The van der Waals surface area contributed by atoms with Crippen molar-refractivity contribution in [2.75, 3.05) is 5.32 Å². The SMILES string of the molecule is Cc1ccc2nc(COc3ccc(C(=O)Nc4c(C)n(C)n(-c5ccccc5)c4=O)cc3)cn2c1. The molecule has 0 bridgehead atoms. The van der Waals surface area contributed by atoms with E-state index < -0.39 is 0 Å². The molecule has 0 spiro atoms. The number of carbonyl (C=O) groups excluding carboxylic acids is 1. The number of pyridine rings is 1. The zero-order valence-corrected chi connectivity index (χ0v) is 19.7. The first-order chi connectivity index (χ1) is 16.9. The maximum absolute atomic E-state index is 13.0. The van der Waals surface area contributed by atoms with Crippen LogP contribution in [0, 0.1) is 13.8 Å². The minimum absolute atomic E-state index is 0.253. The van der Waals surface area contributed by atoms with Gasteiger partial charge >= 0.3 is 0 Å². The highest BCUT2D eigenvalue weighted by Gasteiger charge is 2.18. The van der Waals surface area contributed by atoms with Crippen LogP contribution in [0.4, 0.5) is 5.69 Å². The number of rotatable bonds is 6. The molecule has 0 radical (unpaired) electrons. The van der Waals surface area contributed by atoms with Gasteiger partial charge in [-0.05, 0) is 61.9 Å². The lowest BCUT2D eigenvalue weighted by Gasteiger charge is -2.07. The van der Waals surface area contributed by atoms with Gasteiger partial charge in [0, 0.05) is 25.0 Å². The minimum Gasteiger partial charge on any atom is -0.487 e. The van der Waals surface area contributed by atoms with Crippen LogP contribution in [0.15, 0.2) is 83.9 Å². The average Bonchev–Trinajstić information content (AvgIpc) is 3.36. The standard InChI is InChI=1S/C27H25N5O3/c1-18-9-14-24-28-21(16-31(24)15-18)17-35-23-12-10-20(11-13-23)26(33)29-25-19(2)30(3)32(27(25)34)22-7-5-4-6-8-22/h4-16H,17H2,1-3H3,(H,29,33). The summed E-state index contributed by atoms with van der Waals surface area (Å²) in [5, 5.41) is 2.78. The van der Waals surface area contributed by atoms with Crippen molar-refractivity contribution in [3.8, 4) is 11.4 Å². The van der Waals surface area contributed by atoms with E-state index in [1.807, 2.05) is 66.2 Å². The summed E-state index contributed by atoms with van der Waals surface area (Å²) in [5.41, 5.74) is 4.61. The summed E-state index contributed by atoms with van der Waals surface area (Å²) in [6.07, 6.45) is 3.96. The van der Waals surface area contributed by atoms with Crippen LogP contribution in [0.3, 0.4) is 0 Å². The molecule has 1 N–H and O–H groups in total. The van der Waals surface area contributed by atoms with E-state index in [2.05, 4.69) is 10.3 Å². The monoisotopic (exact) mass is 467 g/mol. The van der Waals surface area contributed by atoms with Crippen molar-refractivity contribution in [2.24, 2.45) is 7.05 Å². The number of anilines is 1. The highest BCUT2D eigenvalue weighted by Crippen LogP contribution is 2.18. The molecule has 1 amide bonds. The first-order valence-electron chi connectivity index (χ1n) is 11.2. The zero-order valence-electron chi connectivity index (χ0n) is 19.7. The number of amides is 1. The Morgan fingerprint density at radius 2 is 1.71 bits per heavy atom. The van der Waals surface area contributed by atoms with Gasteiger partial charge in [0.05, 0.1) is 17.1 Å². The molecule has 0 unspecified atom stereocenters. The van der Waals surface area contributed by atoms with Crippen LogP contribution in [0.1, 0.15) is 27.3 Å². The maximum atomic E-state index is 13.0. The lowest BCUT2D eigenvalue weighted by atomic mass is 10.2. The van der Waals surface area contributed by atoms with E-state index in [1.165, 1.54) is 4.68 Å². The lowest BCUT2D eigenvalue weighted by Crippen LogP contribution is -2.22. The van der Waals surface area contributed by atoms with E-state index in [0.717, 1.165) is 22.6 Å². The Hall–Kier alpha value is -4.59. The van der Waals surface area contributed by atoms with Gasteiger partial charge in [-0.3, -0.25) is 14.3 Å². The van der Waals surface area contributed by atoms with Crippen molar-refractivity contribution in [3.05, 3.63) is 112 Å². The Bertz CT molecular complexity index is 1580. The van der Waals surface area contributed by atoms with Gasteiger partial charge in [-0.1, -0.05) is 24.3 Å². The number of imidazole rings is 1. The van der Waals surface area contributed by atoms with Crippen LogP contribution in [0.2, 0.25) is 0 Å². The first-order valence-corrected chi connectivity index (χ1v) is 11.2. The molecule has 8 nitrogen and oxygen atoms in total. The van der Waals surface area contributed by atoms with Crippen molar-refractivity contribution < 1.29 is 9.53 Å². The fourth-order valence-corrected chi connectivity index (χ4v) is 3.98. The molecule has 0 aliphatic heterocycles. The molecule has 0 saturated carbocycles. The number of hydrogen-bond acceptors (Lipinski definition) is 4. The van der Waals surface area contributed by atoms with E-state index in [0.29, 0.717) is 23.6 Å². The van der Waals surface area contributed by atoms with Gasteiger partial charge < -0.3 is 14.5 Å². The summed E-state index contributed by atoms with van der Waals surface area (Å²) in [6, 6.07) is 20.1. The number of carbonyl (C=O) groups is 1. The first kappa shape index (κ1) is 22.2. The number of hydrogen-bond donors (Lipinski definition) is 1. The third-order valence-electron chi connectivity index (χ3n) is 5.94. The van der Waals surface area contributed by atoms with Crippen LogP contribution in [0.5, 0.6) is 5.75 Å². The highest BCUT2D eigenvalue weighted by atomic mass is 16.5. The molecule has 35 heavy (non-hydrogen) atoms. The molecule has 3 heterocycles. The molecule has 0 aliphatic rings. The third kappa shape index (κ3) is 4.33. The number of aromatic nitrogens is 4. The van der Waals surface area contributed by atoms with Gasteiger partial charge in [-0.25, -0.2) is 9.67 Å². The van der Waals surface area contributed by atoms with Gasteiger partial charge in [0.1, 0.15) is 23.7 Å². The Labute approximate surface area is 202 Å². The molecule has 5 aromatic rings. The van der Waals surface area contributed by atoms with Crippen molar-refractivity contribution >= 4 is 17.2 Å². The minimum atomic E-state index is -0.363. The molecule has 176 valence electrons. The normalized spacial score (nSPS) is 11.1. The smallest absolute Gasteiger partial charge is 0.295 e. The molecular formula is C27H25N5O3. The van der Waals surface area contributed by atoms with Gasteiger partial charge in [-0.15, -0.1) is 0 Å². The summed E-state index contributed by atoms with van der Waals surface area (Å²) in [7, 11) is 1.79. The summed E-state index contributed by atoms with van der Waals surface area (Å²) in [5.74, 6) is 0.260. The molecule has 0 aliphatic carbocycles. The summed E-state index contributed by atoms with van der Waals surface area (Å²) >= 11 is 0. The number of para-hydroxylation sites is 1. The van der Waals surface area contributed by atoms with E-state index >= 15 is 0 Å². The Kier molecular flexibility index (Phi) is 5.70. The predicted molar refractivity (Wildman–Crippen MR) is 134 cm³/mol. The maximum Gasteiger partial charge on any atom is 0.295 e. The molecule has 3 aromatic heterocycles. The fourth-order valence-electron chi connectivity index (χ4n) is 3.98. The van der Waals surface area contributed by atoms with Gasteiger partial charge in [0.15, 0.2) is 0 Å². The number of nitrogens with zero attached hydrogens (tertiary/aromatic N) is 4. The number of fused-ring (bicyclic) bond motifs is 1. The van der Waals surface area contributed by atoms with Gasteiger partial charge in [0.25, 0.3) is 11.5 Å². The molecule has 0 fully saturated rings. The molecule has 5 rings (SSSR count). The van der Waals surface area contributed by atoms with E-state index in [9.17, 15) is 9.59 Å². The fraction of sp³-hybridized carbons (Fsp3) is 0.148. The second-order valence-electron chi connectivity index (χ2n) is 8.41. The quantitative estimate of drug-likeness (QED) is 0.404. The molecular weight excluding hydrogens is 442 g/mol. The summed E-state index contributed by atoms with van der Waals surface area (Å²) < 4.78 is 11.1. The van der Waals surface area contributed by atoms with Crippen molar-refractivity contribution in [3.63, 3.8) is 0 Å². The van der Waals surface area contributed by atoms with Crippen molar-refractivity contribution in [2.45, 2.75) is 20.5 Å². The topological polar surface area (TPSA) is 82.6 Å². The molecule has 2 aromatic carbocycles. The summed E-state index contributed by atoms with van der Waals surface area (Å²) in [6.45, 7) is 4.15. The van der Waals surface area contributed by atoms with Crippen molar-refractivity contribution in [1.29, 1.82) is 0 Å². The third-order valence-corrected chi connectivity index (χ3v) is 5.94. The summed E-state index contributed by atoms with van der Waals surface area (Å²) in [4.78, 5) is 30.5. The van der Waals surface area contributed by atoms with Gasteiger partial charge in [-0.2, -0.15) is 0 Å². The van der Waals surface area contributed by atoms with Crippen LogP contribution in [-0.2, 0) is 13.7 Å². The Morgan fingerprint density at radius 1 is 0.971 bits per heavy atom. The number of ether oxygens (including phenoxy) is 1. The number of nitrogens with one attached hydrogen (secondary N) is 1. The largest absolute Gasteiger partial charge is 0.487 e. The second kappa shape index (κ2) is 8.98. The number of aryl methyl sites for hydroxylation is 1. The van der Waals surface area contributed by atoms with E-state index in [-0.39, 0.29) is 17.2 Å². The van der Waals surface area contributed by atoms with Crippen LogP contribution in [-0.4, -0.2) is 24.7 Å². The Morgan fingerprint density at radius 3 is 2.46 bits per heavy atom. The van der Waals surface area contributed by atoms with Crippen LogP contribution >= 0.6 is 0 Å². The van der Waals surface area contributed by atoms with Crippen molar-refractivity contribution in [1.82, 2.24) is 18.7 Å². The molecule has 0 atom stereocenters. The van der Waals surface area contributed by atoms with E-state index in [4.69, 9.17) is 4.74 Å². The second-order valence-corrected chi connectivity index (χ2v) is 8.41. The van der Waals surface area contributed by atoms with Crippen LogP contribution in [0.25, 0.3) is 11.3 Å². The molecule has 0 saturated heterocycles. The highest BCUT2D eigenvalue weighted by molar-refractivity contribution is 6.04. The van der Waals surface area contributed by atoms with E-state index in [1.54, 1.807) is 42.9 Å². The average molecular weight is 468 g/mol. The Balaban J connectivity index is 1.28. The molecule has 8 heteroatoms. The van der Waals surface area contributed by atoms with Gasteiger partial charge in [0.2, 0.25) is 0 Å². The zero-order chi connectivity index (χ0) is 24.5. The predicted octanol–water partition coefficient (Wildman–Crippen LogP) is 4.27. The number of benzene rings is 2. The van der Waals surface area contributed by atoms with Crippen LogP contribution < -0.4 is 15.6 Å². The lowest BCUT2D eigenvalue weighted by molar-refractivity contribution is 0.102.